The zero-order valence-corrected chi connectivity index (χ0v) is 15.0. The summed E-state index contributed by atoms with van der Waals surface area (Å²) < 4.78 is 14.9. The van der Waals surface area contributed by atoms with Gasteiger partial charge in [0.15, 0.2) is 5.69 Å². The first-order chi connectivity index (χ1) is 12.5. The van der Waals surface area contributed by atoms with E-state index in [1.807, 2.05) is 6.92 Å². The quantitative estimate of drug-likeness (QED) is 0.831. The fourth-order valence-corrected chi connectivity index (χ4v) is 3.15. The van der Waals surface area contributed by atoms with Gasteiger partial charge in [0.1, 0.15) is 11.9 Å². The molecule has 26 heavy (non-hydrogen) atoms. The van der Waals surface area contributed by atoms with Crippen LogP contribution in [0, 0.1) is 5.82 Å². The van der Waals surface area contributed by atoms with Gasteiger partial charge in [-0.3, -0.25) is 9.59 Å². The van der Waals surface area contributed by atoms with Gasteiger partial charge in [0.2, 0.25) is 5.91 Å². The van der Waals surface area contributed by atoms with E-state index in [2.05, 4.69) is 15.7 Å². The Kier molecular flexibility index (Phi) is 5.35. The number of aromatic nitrogens is 2. The highest BCUT2D eigenvalue weighted by molar-refractivity contribution is 5.97. The first kappa shape index (κ1) is 18.1. The molecule has 0 fully saturated rings. The summed E-state index contributed by atoms with van der Waals surface area (Å²) in [7, 11) is 0. The SMILES string of the molecule is CCCNC(=O)[C@@H](C)NC(=O)c1nn(-c2ccc(F)cc2)c2c1CCC2. The highest BCUT2D eigenvalue weighted by Gasteiger charge is 2.28. The van der Waals surface area contributed by atoms with Crippen LogP contribution in [-0.2, 0) is 17.6 Å². The van der Waals surface area contributed by atoms with Crippen molar-refractivity contribution >= 4 is 11.8 Å². The van der Waals surface area contributed by atoms with Gasteiger partial charge in [-0.2, -0.15) is 5.10 Å². The number of fused-ring (bicyclic) bond motifs is 1. The summed E-state index contributed by atoms with van der Waals surface area (Å²) in [4.78, 5) is 24.6. The van der Waals surface area contributed by atoms with Crippen LogP contribution in [0.2, 0.25) is 0 Å². The van der Waals surface area contributed by atoms with E-state index in [-0.39, 0.29) is 17.6 Å². The molecule has 1 aliphatic carbocycles. The van der Waals surface area contributed by atoms with Gasteiger partial charge >= 0.3 is 0 Å². The van der Waals surface area contributed by atoms with Crippen LogP contribution in [0.5, 0.6) is 0 Å². The molecule has 0 radical (unpaired) electrons. The van der Waals surface area contributed by atoms with E-state index in [1.54, 1.807) is 23.7 Å². The van der Waals surface area contributed by atoms with Crippen molar-refractivity contribution in [3.8, 4) is 5.69 Å². The molecule has 3 rings (SSSR count). The Balaban J connectivity index is 1.82. The number of nitrogens with one attached hydrogen (secondary N) is 2. The van der Waals surface area contributed by atoms with E-state index in [0.29, 0.717) is 12.2 Å². The maximum atomic E-state index is 13.2. The monoisotopic (exact) mass is 358 g/mol. The van der Waals surface area contributed by atoms with Gasteiger partial charge in [-0.15, -0.1) is 0 Å². The van der Waals surface area contributed by atoms with Crippen LogP contribution in [0.1, 0.15) is 48.4 Å². The summed E-state index contributed by atoms with van der Waals surface area (Å²) in [6.07, 6.45) is 3.37. The Morgan fingerprint density at radius 1 is 1.27 bits per heavy atom. The van der Waals surface area contributed by atoms with Crippen molar-refractivity contribution in [3.63, 3.8) is 0 Å². The maximum Gasteiger partial charge on any atom is 0.272 e. The number of nitrogens with zero attached hydrogens (tertiary/aromatic N) is 2. The van der Waals surface area contributed by atoms with E-state index in [4.69, 9.17) is 0 Å². The van der Waals surface area contributed by atoms with Crippen LogP contribution in [0.15, 0.2) is 24.3 Å². The molecule has 2 amide bonds. The van der Waals surface area contributed by atoms with E-state index in [0.717, 1.165) is 42.6 Å². The number of amides is 2. The molecule has 2 aromatic rings. The molecular weight excluding hydrogens is 335 g/mol. The first-order valence-electron chi connectivity index (χ1n) is 8.96. The molecule has 1 aliphatic rings. The average molecular weight is 358 g/mol. The third-order valence-corrected chi connectivity index (χ3v) is 4.51. The summed E-state index contributed by atoms with van der Waals surface area (Å²) in [6.45, 7) is 4.20. The number of carbonyl (C=O) groups is 2. The number of hydrogen-bond acceptors (Lipinski definition) is 3. The average Bonchev–Trinajstić information content (AvgIpc) is 3.22. The molecule has 7 heteroatoms. The second-order valence-electron chi connectivity index (χ2n) is 6.50. The second-order valence-corrected chi connectivity index (χ2v) is 6.50. The molecule has 0 saturated carbocycles. The van der Waals surface area contributed by atoms with Crippen molar-refractivity contribution in [2.75, 3.05) is 6.54 Å². The number of hydrogen-bond donors (Lipinski definition) is 2. The topological polar surface area (TPSA) is 76.0 Å². The summed E-state index contributed by atoms with van der Waals surface area (Å²) in [5.41, 5.74) is 2.95. The maximum absolute atomic E-state index is 13.2. The van der Waals surface area contributed by atoms with E-state index < -0.39 is 6.04 Å². The van der Waals surface area contributed by atoms with Crippen molar-refractivity contribution in [1.29, 1.82) is 0 Å². The minimum atomic E-state index is -0.637. The number of carbonyl (C=O) groups excluding carboxylic acids is 2. The molecule has 1 aromatic carbocycles. The second kappa shape index (κ2) is 7.68. The van der Waals surface area contributed by atoms with Gasteiger partial charge in [0.05, 0.1) is 5.69 Å². The standard InChI is InChI=1S/C19H23FN4O2/c1-3-11-21-18(25)12(2)22-19(26)17-15-5-4-6-16(15)24(23-17)14-9-7-13(20)8-10-14/h7-10,12H,3-6,11H2,1-2H3,(H,21,25)(H,22,26)/t12-/m1/s1. The van der Waals surface area contributed by atoms with E-state index in [1.165, 1.54) is 12.1 Å². The summed E-state index contributed by atoms with van der Waals surface area (Å²) in [5.74, 6) is -0.889. The zero-order chi connectivity index (χ0) is 18.7. The minimum Gasteiger partial charge on any atom is -0.354 e. The van der Waals surface area contributed by atoms with E-state index >= 15 is 0 Å². The Morgan fingerprint density at radius 3 is 2.69 bits per heavy atom. The fourth-order valence-electron chi connectivity index (χ4n) is 3.15. The molecule has 1 heterocycles. The van der Waals surface area contributed by atoms with Gasteiger partial charge in [-0.05, 0) is 56.9 Å². The molecule has 0 unspecified atom stereocenters. The lowest BCUT2D eigenvalue weighted by Gasteiger charge is -2.13. The van der Waals surface area contributed by atoms with Gasteiger partial charge in [0, 0.05) is 17.8 Å². The summed E-state index contributed by atoms with van der Waals surface area (Å²) >= 11 is 0. The van der Waals surface area contributed by atoms with Gasteiger partial charge in [-0.1, -0.05) is 6.92 Å². The highest BCUT2D eigenvalue weighted by Crippen LogP contribution is 2.28. The van der Waals surface area contributed by atoms with Crippen LogP contribution in [0.4, 0.5) is 4.39 Å². The van der Waals surface area contributed by atoms with Crippen LogP contribution < -0.4 is 10.6 Å². The lowest BCUT2D eigenvalue weighted by atomic mass is 10.2. The molecule has 6 nitrogen and oxygen atoms in total. The van der Waals surface area contributed by atoms with Crippen LogP contribution in [0.25, 0.3) is 5.69 Å². The molecule has 0 bridgehead atoms. The van der Waals surface area contributed by atoms with E-state index in [9.17, 15) is 14.0 Å². The van der Waals surface area contributed by atoms with Gasteiger partial charge < -0.3 is 10.6 Å². The molecule has 0 aliphatic heterocycles. The Labute approximate surface area is 151 Å². The molecule has 138 valence electrons. The van der Waals surface area contributed by atoms with Crippen molar-refractivity contribution in [2.24, 2.45) is 0 Å². The zero-order valence-electron chi connectivity index (χ0n) is 15.0. The Morgan fingerprint density at radius 2 is 2.00 bits per heavy atom. The van der Waals surface area contributed by atoms with Crippen LogP contribution in [0.3, 0.4) is 0 Å². The Hall–Kier alpha value is -2.70. The Bertz CT molecular complexity index is 814. The van der Waals surface area contributed by atoms with Crippen molar-refractivity contribution in [1.82, 2.24) is 20.4 Å². The lowest BCUT2D eigenvalue weighted by Crippen LogP contribution is -2.45. The minimum absolute atomic E-state index is 0.213. The first-order valence-corrected chi connectivity index (χ1v) is 8.96. The molecular formula is C19H23FN4O2. The van der Waals surface area contributed by atoms with Gasteiger partial charge in [-0.25, -0.2) is 9.07 Å². The van der Waals surface area contributed by atoms with Gasteiger partial charge in [0.25, 0.3) is 5.91 Å². The lowest BCUT2D eigenvalue weighted by molar-refractivity contribution is -0.122. The smallest absolute Gasteiger partial charge is 0.272 e. The molecule has 1 aromatic heterocycles. The fraction of sp³-hybridized carbons (Fsp3) is 0.421. The molecule has 1 atom stereocenters. The highest BCUT2D eigenvalue weighted by atomic mass is 19.1. The third kappa shape index (κ3) is 3.61. The summed E-state index contributed by atoms with van der Waals surface area (Å²) in [6, 6.07) is 5.39. The number of benzene rings is 1. The van der Waals surface area contributed by atoms with Crippen molar-refractivity contribution in [3.05, 3.63) is 47.0 Å². The number of rotatable bonds is 6. The molecule has 2 N–H and O–H groups in total. The summed E-state index contributed by atoms with van der Waals surface area (Å²) in [5, 5.41) is 9.94. The van der Waals surface area contributed by atoms with Crippen LogP contribution in [-0.4, -0.2) is 34.2 Å². The largest absolute Gasteiger partial charge is 0.354 e. The predicted molar refractivity (Wildman–Crippen MR) is 95.8 cm³/mol. The molecule has 0 spiro atoms. The number of halogens is 1. The van der Waals surface area contributed by atoms with Crippen LogP contribution >= 0.6 is 0 Å². The third-order valence-electron chi connectivity index (χ3n) is 4.51. The van der Waals surface area contributed by atoms with Crippen molar-refractivity contribution in [2.45, 2.75) is 45.6 Å². The molecule has 0 saturated heterocycles. The van der Waals surface area contributed by atoms with Crippen molar-refractivity contribution < 1.29 is 14.0 Å². The normalized spacial score (nSPS) is 14.0. The predicted octanol–water partition coefficient (Wildman–Crippen LogP) is 2.14.